The van der Waals surface area contributed by atoms with E-state index in [1.165, 1.54) is 0 Å². The van der Waals surface area contributed by atoms with Crippen LogP contribution < -0.4 is 10.6 Å². The van der Waals surface area contributed by atoms with Crippen LogP contribution in [0.2, 0.25) is 5.02 Å². The predicted octanol–water partition coefficient (Wildman–Crippen LogP) is 2.97. The minimum absolute atomic E-state index is 0.136. The van der Waals surface area contributed by atoms with Crippen LogP contribution in [0.15, 0.2) is 41.0 Å². The maximum atomic E-state index is 11.8. The minimum atomic E-state index is -0.136. The Kier molecular flexibility index (Phi) is 4.60. The molecular formula is C14H15ClN2O2. The van der Waals surface area contributed by atoms with Crippen molar-refractivity contribution >= 4 is 23.2 Å². The minimum Gasteiger partial charge on any atom is -0.468 e. The van der Waals surface area contributed by atoms with E-state index in [1.54, 1.807) is 12.3 Å². The topological polar surface area (TPSA) is 54.3 Å². The number of furan rings is 1. The van der Waals surface area contributed by atoms with Gasteiger partial charge in [0.15, 0.2) is 0 Å². The normalized spacial score (nSPS) is 10.4. The molecule has 1 heterocycles. The van der Waals surface area contributed by atoms with Gasteiger partial charge in [0.25, 0.3) is 0 Å². The summed E-state index contributed by atoms with van der Waals surface area (Å²) in [5.74, 6) is 0.657. The van der Waals surface area contributed by atoms with Crippen molar-refractivity contribution in [3.63, 3.8) is 0 Å². The van der Waals surface area contributed by atoms with Gasteiger partial charge in [-0.2, -0.15) is 0 Å². The van der Waals surface area contributed by atoms with E-state index >= 15 is 0 Å². The van der Waals surface area contributed by atoms with E-state index in [9.17, 15) is 4.79 Å². The van der Waals surface area contributed by atoms with Crippen LogP contribution in [0.4, 0.5) is 5.69 Å². The molecule has 1 amide bonds. The Hall–Kier alpha value is -1.78. The molecular weight excluding hydrogens is 264 g/mol. The van der Waals surface area contributed by atoms with Crippen molar-refractivity contribution in [2.24, 2.45) is 0 Å². The van der Waals surface area contributed by atoms with E-state index in [0.717, 1.165) is 11.3 Å². The highest BCUT2D eigenvalue weighted by Gasteiger charge is 2.08. The fourth-order valence-electron chi connectivity index (χ4n) is 1.69. The maximum absolute atomic E-state index is 11.8. The van der Waals surface area contributed by atoms with Crippen LogP contribution in [0.25, 0.3) is 0 Å². The number of amides is 1. The quantitative estimate of drug-likeness (QED) is 0.884. The van der Waals surface area contributed by atoms with Crippen molar-refractivity contribution in [2.75, 3.05) is 11.9 Å². The molecule has 0 unspecified atom stereocenters. The van der Waals surface area contributed by atoms with Crippen molar-refractivity contribution in [2.45, 2.75) is 13.5 Å². The molecule has 0 aliphatic heterocycles. The molecule has 2 aromatic rings. The molecule has 5 heteroatoms. The van der Waals surface area contributed by atoms with Gasteiger partial charge in [-0.3, -0.25) is 4.79 Å². The summed E-state index contributed by atoms with van der Waals surface area (Å²) >= 11 is 6.04. The van der Waals surface area contributed by atoms with Gasteiger partial charge < -0.3 is 15.1 Å². The summed E-state index contributed by atoms with van der Waals surface area (Å²) in [4.78, 5) is 11.8. The van der Waals surface area contributed by atoms with Crippen molar-refractivity contribution in [3.8, 4) is 0 Å². The smallest absolute Gasteiger partial charge is 0.238 e. The SMILES string of the molecule is Cc1cccc(Cl)c1NC(=O)CNCc1ccco1. The lowest BCUT2D eigenvalue weighted by Crippen LogP contribution is -2.27. The Morgan fingerprint density at radius 3 is 2.84 bits per heavy atom. The lowest BCUT2D eigenvalue weighted by molar-refractivity contribution is -0.115. The van der Waals surface area contributed by atoms with Gasteiger partial charge in [0.2, 0.25) is 5.91 Å². The summed E-state index contributed by atoms with van der Waals surface area (Å²) in [5.41, 5.74) is 1.60. The van der Waals surface area contributed by atoms with Gasteiger partial charge in [0.05, 0.1) is 30.1 Å². The van der Waals surface area contributed by atoms with Gasteiger partial charge in [-0.25, -0.2) is 0 Å². The molecule has 0 fully saturated rings. The summed E-state index contributed by atoms with van der Waals surface area (Å²) in [6.07, 6.45) is 1.60. The zero-order valence-electron chi connectivity index (χ0n) is 10.6. The zero-order chi connectivity index (χ0) is 13.7. The Morgan fingerprint density at radius 2 is 2.16 bits per heavy atom. The van der Waals surface area contributed by atoms with Gasteiger partial charge in [0, 0.05) is 0 Å². The maximum Gasteiger partial charge on any atom is 0.238 e. The highest BCUT2D eigenvalue weighted by molar-refractivity contribution is 6.33. The first-order valence-electron chi connectivity index (χ1n) is 5.95. The third-order valence-corrected chi connectivity index (χ3v) is 2.97. The van der Waals surface area contributed by atoms with Gasteiger partial charge in [-0.1, -0.05) is 23.7 Å². The van der Waals surface area contributed by atoms with Crippen LogP contribution in [-0.2, 0) is 11.3 Å². The number of para-hydroxylation sites is 1. The molecule has 0 atom stereocenters. The third kappa shape index (κ3) is 3.84. The number of anilines is 1. The monoisotopic (exact) mass is 278 g/mol. The van der Waals surface area contributed by atoms with E-state index in [2.05, 4.69) is 10.6 Å². The summed E-state index contributed by atoms with van der Waals surface area (Å²) in [6.45, 7) is 2.62. The highest BCUT2D eigenvalue weighted by Crippen LogP contribution is 2.24. The second-order valence-corrected chi connectivity index (χ2v) is 4.57. The summed E-state index contributed by atoms with van der Waals surface area (Å²) in [5, 5.41) is 6.33. The van der Waals surface area contributed by atoms with E-state index in [1.807, 2.05) is 31.2 Å². The highest BCUT2D eigenvalue weighted by atomic mass is 35.5. The molecule has 100 valence electrons. The van der Waals surface area contributed by atoms with Crippen LogP contribution in [0, 0.1) is 6.92 Å². The van der Waals surface area contributed by atoms with E-state index in [0.29, 0.717) is 17.3 Å². The van der Waals surface area contributed by atoms with E-state index < -0.39 is 0 Å². The van der Waals surface area contributed by atoms with Crippen molar-refractivity contribution in [1.29, 1.82) is 0 Å². The molecule has 0 spiro atoms. The molecule has 4 nitrogen and oxygen atoms in total. The summed E-state index contributed by atoms with van der Waals surface area (Å²) in [6, 6.07) is 9.16. The second-order valence-electron chi connectivity index (χ2n) is 4.16. The fraction of sp³-hybridized carbons (Fsp3) is 0.214. The van der Waals surface area contributed by atoms with Gasteiger partial charge in [-0.05, 0) is 30.7 Å². The molecule has 0 saturated carbocycles. The Bertz CT molecular complexity index is 532. The Balaban J connectivity index is 1.84. The molecule has 2 N–H and O–H groups in total. The molecule has 1 aromatic carbocycles. The number of aryl methyl sites for hydroxylation is 1. The van der Waals surface area contributed by atoms with Crippen molar-refractivity contribution in [3.05, 3.63) is 52.9 Å². The lowest BCUT2D eigenvalue weighted by atomic mass is 10.2. The number of benzene rings is 1. The average Bonchev–Trinajstić information content (AvgIpc) is 2.87. The Labute approximate surface area is 116 Å². The standard InChI is InChI=1S/C14H15ClN2O2/c1-10-4-2-6-12(15)14(10)17-13(18)9-16-8-11-5-3-7-19-11/h2-7,16H,8-9H2,1H3,(H,17,18). The first-order chi connectivity index (χ1) is 9.16. The number of carbonyl (C=O) groups is 1. The van der Waals surface area contributed by atoms with E-state index in [-0.39, 0.29) is 12.5 Å². The first kappa shape index (κ1) is 13.6. The Morgan fingerprint density at radius 1 is 1.32 bits per heavy atom. The number of halogens is 1. The third-order valence-electron chi connectivity index (χ3n) is 2.65. The molecule has 1 aromatic heterocycles. The summed E-state index contributed by atoms with van der Waals surface area (Å²) < 4.78 is 5.16. The predicted molar refractivity (Wildman–Crippen MR) is 75.2 cm³/mol. The van der Waals surface area contributed by atoms with Crippen molar-refractivity contribution in [1.82, 2.24) is 5.32 Å². The van der Waals surface area contributed by atoms with Crippen LogP contribution in [0.5, 0.6) is 0 Å². The van der Waals surface area contributed by atoms with Gasteiger partial charge in [0.1, 0.15) is 5.76 Å². The lowest BCUT2D eigenvalue weighted by Gasteiger charge is -2.10. The van der Waals surface area contributed by atoms with Crippen LogP contribution in [0.3, 0.4) is 0 Å². The molecule has 0 saturated heterocycles. The number of rotatable bonds is 5. The van der Waals surface area contributed by atoms with Crippen LogP contribution >= 0.6 is 11.6 Å². The number of nitrogens with one attached hydrogen (secondary N) is 2. The summed E-state index contributed by atoms with van der Waals surface area (Å²) in [7, 11) is 0. The molecule has 0 bridgehead atoms. The molecule has 0 aliphatic carbocycles. The van der Waals surface area contributed by atoms with Crippen molar-refractivity contribution < 1.29 is 9.21 Å². The fourth-order valence-corrected chi connectivity index (χ4v) is 1.96. The number of hydrogen-bond acceptors (Lipinski definition) is 3. The number of carbonyl (C=O) groups excluding carboxylic acids is 1. The van der Waals surface area contributed by atoms with Gasteiger partial charge >= 0.3 is 0 Å². The number of hydrogen-bond donors (Lipinski definition) is 2. The van der Waals surface area contributed by atoms with Gasteiger partial charge in [-0.15, -0.1) is 0 Å². The van der Waals surface area contributed by atoms with Crippen LogP contribution in [0.1, 0.15) is 11.3 Å². The van der Waals surface area contributed by atoms with E-state index in [4.69, 9.17) is 16.0 Å². The average molecular weight is 279 g/mol. The second kappa shape index (κ2) is 6.41. The molecule has 0 aliphatic rings. The zero-order valence-corrected chi connectivity index (χ0v) is 11.3. The molecule has 19 heavy (non-hydrogen) atoms. The first-order valence-corrected chi connectivity index (χ1v) is 6.32. The van der Waals surface area contributed by atoms with Crippen LogP contribution in [-0.4, -0.2) is 12.5 Å². The molecule has 2 rings (SSSR count). The molecule has 0 radical (unpaired) electrons. The largest absolute Gasteiger partial charge is 0.468 e.